The van der Waals surface area contributed by atoms with Gasteiger partial charge in [-0.15, -0.1) is 10.2 Å². The summed E-state index contributed by atoms with van der Waals surface area (Å²) >= 11 is 5.92. The molecule has 2 heterocycles. The number of nitrogens with zero attached hydrogens (tertiary/aromatic N) is 4. The normalized spacial score (nSPS) is 10.7. The fraction of sp³-hybridized carbons (Fsp3) is 0. The quantitative estimate of drug-likeness (QED) is 0.573. The average Bonchev–Trinajstić information content (AvgIpc) is 3.09. The number of urea groups is 1. The lowest BCUT2D eigenvalue weighted by Crippen LogP contribution is -2.19. The average molecular weight is 365 g/mol. The topological polar surface area (TPSA) is 84.2 Å². The van der Waals surface area contributed by atoms with Gasteiger partial charge in [-0.3, -0.25) is 0 Å². The van der Waals surface area contributed by atoms with E-state index in [-0.39, 0.29) is 6.03 Å². The molecular formula is C18H13ClN6O. The molecule has 0 unspecified atom stereocenters. The van der Waals surface area contributed by atoms with Crippen LogP contribution < -0.4 is 10.6 Å². The molecule has 0 radical (unpaired) electrons. The van der Waals surface area contributed by atoms with Crippen LogP contribution in [0.1, 0.15) is 0 Å². The first-order valence-electron chi connectivity index (χ1n) is 7.78. The maximum absolute atomic E-state index is 12.2. The van der Waals surface area contributed by atoms with E-state index in [1.165, 1.54) is 0 Å². The number of benzene rings is 2. The van der Waals surface area contributed by atoms with E-state index in [2.05, 4.69) is 25.9 Å². The lowest BCUT2D eigenvalue weighted by molar-refractivity contribution is 0.262. The van der Waals surface area contributed by atoms with Gasteiger partial charge in [-0.1, -0.05) is 29.8 Å². The van der Waals surface area contributed by atoms with E-state index in [0.717, 1.165) is 11.3 Å². The summed E-state index contributed by atoms with van der Waals surface area (Å²) in [4.78, 5) is 12.2. The molecule has 2 aromatic carbocycles. The molecule has 128 valence electrons. The van der Waals surface area contributed by atoms with Crippen LogP contribution in [0.4, 0.5) is 16.2 Å². The van der Waals surface area contributed by atoms with E-state index < -0.39 is 0 Å². The third kappa shape index (κ3) is 3.47. The first kappa shape index (κ1) is 16.0. The third-order valence-corrected chi connectivity index (χ3v) is 3.90. The Kier molecular flexibility index (Phi) is 4.20. The molecular weight excluding hydrogens is 352 g/mol. The summed E-state index contributed by atoms with van der Waals surface area (Å²) in [6.45, 7) is 0. The Balaban J connectivity index is 1.52. The summed E-state index contributed by atoms with van der Waals surface area (Å²) in [5, 5.41) is 18.3. The molecule has 2 aromatic heterocycles. The van der Waals surface area contributed by atoms with Gasteiger partial charge in [0.25, 0.3) is 0 Å². The van der Waals surface area contributed by atoms with Crippen LogP contribution in [-0.2, 0) is 0 Å². The van der Waals surface area contributed by atoms with Crippen molar-refractivity contribution >= 4 is 34.7 Å². The van der Waals surface area contributed by atoms with Crippen molar-refractivity contribution in [3.63, 3.8) is 0 Å². The van der Waals surface area contributed by atoms with Gasteiger partial charge in [0.1, 0.15) is 6.33 Å². The molecule has 2 amide bonds. The Labute approximate surface area is 153 Å². The highest BCUT2D eigenvalue weighted by Gasteiger charge is 2.07. The number of carbonyl (C=O) groups is 1. The van der Waals surface area contributed by atoms with Crippen LogP contribution in [0.15, 0.2) is 67.0 Å². The van der Waals surface area contributed by atoms with E-state index in [0.29, 0.717) is 22.0 Å². The molecule has 0 spiro atoms. The number of amides is 2. The highest BCUT2D eigenvalue weighted by molar-refractivity contribution is 6.30. The molecule has 0 fully saturated rings. The first-order chi connectivity index (χ1) is 12.7. The fourth-order valence-corrected chi connectivity index (χ4v) is 2.69. The van der Waals surface area contributed by atoms with Gasteiger partial charge in [0.2, 0.25) is 0 Å². The molecule has 0 saturated carbocycles. The van der Waals surface area contributed by atoms with Gasteiger partial charge in [-0.25, -0.2) is 4.79 Å². The number of hydrogen-bond donors (Lipinski definition) is 2. The molecule has 8 heteroatoms. The van der Waals surface area contributed by atoms with Crippen molar-refractivity contribution < 1.29 is 4.79 Å². The van der Waals surface area contributed by atoms with Crippen LogP contribution in [0, 0.1) is 0 Å². The second-order valence-electron chi connectivity index (χ2n) is 5.52. The van der Waals surface area contributed by atoms with E-state index in [1.807, 2.05) is 30.3 Å². The summed E-state index contributed by atoms with van der Waals surface area (Å²) in [7, 11) is 0. The number of fused-ring (bicyclic) bond motifs is 1. The zero-order chi connectivity index (χ0) is 17.9. The predicted molar refractivity (Wildman–Crippen MR) is 100 cm³/mol. The van der Waals surface area contributed by atoms with Crippen LogP contribution in [0.25, 0.3) is 16.9 Å². The smallest absolute Gasteiger partial charge is 0.308 e. The van der Waals surface area contributed by atoms with E-state index in [1.54, 1.807) is 41.2 Å². The minimum Gasteiger partial charge on any atom is -0.308 e. The standard InChI is InChI=1S/C18H13ClN6O/c19-13-4-2-6-15(10-13)22-18(26)21-14-5-1-3-12(9-14)16-7-8-17-23-20-11-25(17)24-16/h1-11H,(H2,21,22,26). The van der Waals surface area contributed by atoms with Gasteiger partial charge < -0.3 is 10.6 Å². The second kappa shape index (κ2) is 6.81. The van der Waals surface area contributed by atoms with Gasteiger partial charge in [0.05, 0.1) is 5.69 Å². The van der Waals surface area contributed by atoms with Gasteiger partial charge in [-0.2, -0.15) is 9.61 Å². The number of anilines is 2. The van der Waals surface area contributed by atoms with Gasteiger partial charge in [-0.05, 0) is 42.5 Å². The Bertz CT molecular complexity index is 1090. The molecule has 4 aromatic rings. The molecule has 0 aliphatic rings. The van der Waals surface area contributed by atoms with Crippen molar-refractivity contribution in [3.8, 4) is 11.3 Å². The van der Waals surface area contributed by atoms with E-state index >= 15 is 0 Å². The Hall–Kier alpha value is -3.45. The van der Waals surface area contributed by atoms with Crippen LogP contribution >= 0.6 is 11.6 Å². The SMILES string of the molecule is O=C(Nc1cccc(Cl)c1)Nc1cccc(-c2ccc3nncn3n2)c1. The number of hydrogen-bond acceptors (Lipinski definition) is 4. The van der Waals surface area contributed by atoms with E-state index in [9.17, 15) is 4.79 Å². The zero-order valence-corrected chi connectivity index (χ0v) is 14.2. The Morgan fingerprint density at radius 3 is 2.54 bits per heavy atom. The highest BCUT2D eigenvalue weighted by Crippen LogP contribution is 2.21. The van der Waals surface area contributed by atoms with Crippen molar-refractivity contribution in [2.75, 3.05) is 10.6 Å². The minimum absolute atomic E-state index is 0.355. The molecule has 26 heavy (non-hydrogen) atoms. The molecule has 4 rings (SSSR count). The second-order valence-corrected chi connectivity index (χ2v) is 5.96. The first-order valence-corrected chi connectivity index (χ1v) is 8.16. The third-order valence-electron chi connectivity index (χ3n) is 3.66. The van der Waals surface area contributed by atoms with Crippen LogP contribution in [0.3, 0.4) is 0 Å². The largest absolute Gasteiger partial charge is 0.323 e. The molecule has 0 saturated heterocycles. The maximum atomic E-state index is 12.2. The number of nitrogens with one attached hydrogen (secondary N) is 2. The Morgan fingerprint density at radius 1 is 0.962 bits per heavy atom. The van der Waals surface area contributed by atoms with Gasteiger partial charge in [0, 0.05) is 22.0 Å². The summed E-state index contributed by atoms with van der Waals surface area (Å²) in [6, 6.07) is 17.7. The van der Waals surface area contributed by atoms with Crippen molar-refractivity contribution in [3.05, 3.63) is 72.0 Å². The van der Waals surface area contributed by atoms with Gasteiger partial charge in [0.15, 0.2) is 5.65 Å². The molecule has 0 aliphatic heterocycles. The Morgan fingerprint density at radius 2 is 1.73 bits per heavy atom. The number of carbonyl (C=O) groups excluding carboxylic acids is 1. The lowest BCUT2D eigenvalue weighted by atomic mass is 10.1. The maximum Gasteiger partial charge on any atom is 0.323 e. The summed E-state index contributed by atoms with van der Waals surface area (Å²) in [6.07, 6.45) is 1.54. The minimum atomic E-state index is -0.355. The van der Waals surface area contributed by atoms with Crippen molar-refractivity contribution in [1.29, 1.82) is 0 Å². The molecule has 0 atom stereocenters. The summed E-state index contributed by atoms with van der Waals surface area (Å²) < 4.78 is 1.60. The number of aromatic nitrogens is 4. The summed E-state index contributed by atoms with van der Waals surface area (Å²) in [5.74, 6) is 0. The lowest BCUT2D eigenvalue weighted by Gasteiger charge is -2.09. The van der Waals surface area contributed by atoms with Crippen molar-refractivity contribution in [2.24, 2.45) is 0 Å². The fourth-order valence-electron chi connectivity index (χ4n) is 2.50. The van der Waals surface area contributed by atoms with Gasteiger partial charge >= 0.3 is 6.03 Å². The van der Waals surface area contributed by atoms with E-state index in [4.69, 9.17) is 11.6 Å². The molecule has 0 aliphatic carbocycles. The number of rotatable bonds is 3. The summed E-state index contributed by atoms with van der Waals surface area (Å²) in [5.41, 5.74) is 3.54. The van der Waals surface area contributed by atoms with Crippen LogP contribution in [0.5, 0.6) is 0 Å². The molecule has 2 N–H and O–H groups in total. The predicted octanol–water partition coefficient (Wildman–Crippen LogP) is 4.09. The number of halogens is 1. The molecule has 0 bridgehead atoms. The highest BCUT2D eigenvalue weighted by atomic mass is 35.5. The van der Waals surface area contributed by atoms with Crippen LogP contribution in [-0.4, -0.2) is 25.8 Å². The van der Waals surface area contributed by atoms with Crippen molar-refractivity contribution in [1.82, 2.24) is 19.8 Å². The monoisotopic (exact) mass is 364 g/mol. The van der Waals surface area contributed by atoms with Crippen LogP contribution in [0.2, 0.25) is 5.02 Å². The molecule has 7 nitrogen and oxygen atoms in total. The zero-order valence-electron chi connectivity index (χ0n) is 13.4. The van der Waals surface area contributed by atoms with Crippen molar-refractivity contribution in [2.45, 2.75) is 0 Å².